The molecule has 0 radical (unpaired) electrons. The van der Waals surface area contributed by atoms with Gasteiger partial charge in [-0.2, -0.15) is 0 Å². The minimum absolute atomic E-state index is 0.995. The summed E-state index contributed by atoms with van der Waals surface area (Å²) in [6.07, 6.45) is 4.57. The van der Waals surface area contributed by atoms with E-state index in [2.05, 4.69) is 24.6 Å². The molecule has 0 aromatic carbocycles. The minimum atomic E-state index is 0.995. The van der Waals surface area contributed by atoms with Crippen molar-refractivity contribution in [3.8, 4) is 0 Å². The van der Waals surface area contributed by atoms with Crippen LogP contribution in [-0.2, 0) is 13.5 Å². The lowest BCUT2D eigenvalue weighted by Gasteiger charge is -2.02. The third-order valence-corrected chi connectivity index (χ3v) is 1.82. The Bertz CT molecular complexity index is 334. The molecule has 2 nitrogen and oxygen atoms in total. The first kappa shape index (κ1) is 8.78. The summed E-state index contributed by atoms with van der Waals surface area (Å²) in [7, 11) is 1.99. The minimum Gasteiger partial charge on any atom is -0.336 e. The second-order valence-corrected chi connectivity index (χ2v) is 2.63. The van der Waals surface area contributed by atoms with Gasteiger partial charge in [-0.1, -0.05) is 19.6 Å². The quantitative estimate of drug-likeness (QED) is 0.629. The molecule has 1 rings (SSSR count). The van der Waals surface area contributed by atoms with Gasteiger partial charge >= 0.3 is 0 Å². The first-order chi connectivity index (χ1) is 5.79. The van der Waals surface area contributed by atoms with Crippen LogP contribution in [0.4, 0.5) is 0 Å². The molecule has 1 aromatic rings. The fourth-order valence-electron chi connectivity index (χ4n) is 1.20. The van der Waals surface area contributed by atoms with E-state index in [0.717, 1.165) is 11.9 Å². The van der Waals surface area contributed by atoms with E-state index in [1.165, 1.54) is 5.56 Å². The maximum Gasteiger partial charge on any atom is 0.135 e. The Labute approximate surface area is 72.9 Å². The van der Waals surface area contributed by atoms with Crippen LogP contribution in [0, 0.1) is 0 Å². The third kappa shape index (κ3) is 1.64. The van der Waals surface area contributed by atoms with E-state index in [9.17, 15) is 0 Å². The van der Waals surface area contributed by atoms with Gasteiger partial charge in [0.1, 0.15) is 5.49 Å². The Balaban J connectivity index is 3.39. The topological polar surface area (TPSA) is 17.3 Å². The molecular weight excluding hydrogens is 148 g/mol. The molecule has 12 heavy (non-hydrogen) atoms. The molecular formula is C10H14N2. The van der Waals surface area contributed by atoms with Crippen molar-refractivity contribution in [2.75, 3.05) is 0 Å². The van der Waals surface area contributed by atoms with Gasteiger partial charge in [0, 0.05) is 19.4 Å². The van der Waals surface area contributed by atoms with Crippen LogP contribution in [0.2, 0.25) is 0 Å². The molecule has 0 saturated carbocycles. The molecule has 0 atom stereocenters. The Morgan fingerprint density at radius 1 is 1.67 bits per heavy atom. The maximum absolute atomic E-state index is 4.20. The van der Waals surface area contributed by atoms with E-state index in [4.69, 9.17) is 0 Å². The summed E-state index contributed by atoms with van der Waals surface area (Å²) >= 11 is 0. The second-order valence-electron chi connectivity index (χ2n) is 2.63. The highest BCUT2D eigenvalue weighted by atomic mass is 15.0. The molecule has 0 aliphatic rings. The zero-order chi connectivity index (χ0) is 8.97. The Morgan fingerprint density at radius 2 is 2.42 bits per heavy atom. The van der Waals surface area contributed by atoms with E-state index in [0.29, 0.717) is 0 Å². The summed E-state index contributed by atoms with van der Waals surface area (Å²) in [5.74, 6) is 0. The van der Waals surface area contributed by atoms with Crippen LogP contribution in [0.5, 0.6) is 0 Å². The van der Waals surface area contributed by atoms with Gasteiger partial charge in [0.25, 0.3) is 0 Å². The van der Waals surface area contributed by atoms with Crippen LogP contribution in [0.3, 0.4) is 0 Å². The summed E-state index contributed by atoms with van der Waals surface area (Å²) in [5, 5.41) is 0. The molecule has 2 heteroatoms. The fraction of sp³-hybridized carbons (Fsp3) is 0.300. The van der Waals surface area contributed by atoms with E-state index in [1.54, 1.807) is 6.20 Å². The SMILES string of the molecule is C=CN=c1c(CC)cccn1C. The molecule has 0 amide bonds. The summed E-state index contributed by atoms with van der Waals surface area (Å²) in [6.45, 7) is 5.71. The molecule has 0 saturated heterocycles. The second kappa shape index (κ2) is 3.90. The largest absolute Gasteiger partial charge is 0.336 e. The number of aromatic nitrogens is 1. The summed E-state index contributed by atoms with van der Waals surface area (Å²) in [6, 6.07) is 4.11. The predicted octanol–water partition coefficient (Wildman–Crippen LogP) is 1.63. The number of aryl methyl sites for hydroxylation is 2. The molecule has 64 valence electrons. The van der Waals surface area contributed by atoms with Crippen LogP contribution in [-0.4, -0.2) is 4.57 Å². The molecule has 0 N–H and O–H groups in total. The van der Waals surface area contributed by atoms with Crippen molar-refractivity contribution in [1.82, 2.24) is 4.57 Å². The molecule has 0 fully saturated rings. The number of hydrogen-bond acceptors (Lipinski definition) is 1. The van der Waals surface area contributed by atoms with Crippen molar-refractivity contribution >= 4 is 0 Å². The number of pyridine rings is 1. The lowest BCUT2D eigenvalue weighted by Crippen LogP contribution is -2.20. The molecule has 0 unspecified atom stereocenters. The molecule has 1 heterocycles. The number of rotatable bonds is 2. The zero-order valence-corrected chi connectivity index (χ0v) is 7.62. The fourth-order valence-corrected chi connectivity index (χ4v) is 1.20. The van der Waals surface area contributed by atoms with Crippen LogP contribution in [0.1, 0.15) is 12.5 Å². The summed E-state index contributed by atoms with van der Waals surface area (Å²) < 4.78 is 2.00. The van der Waals surface area contributed by atoms with Crippen molar-refractivity contribution in [3.05, 3.63) is 42.2 Å². The Morgan fingerprint density at radius 3 is 3.00 bits per heavy atom. The van der Waals surface area contributed by atoms with Crippen molar-refractivity contribution in [3.63, 3.8) is 0 Å². The molecule has 0 aliphatic carbocycles. The highest BCUT2D eigenvalue weighted by molar-refractivity contribution is 5.09. The average molecular weight is 162 g/mol. The van der Waals surface area contributed by atoms with Crippen molar-refractivity contribution in [2.45, 2.75) is 13.3 Å². The van der Waals surface area contributed by atoms with Gasteiger partial charge in [0.15, 0.2) is 0 Å². The standard InChI is InChI=1S/C10H14N2/c1-4-9-7-6-8-12(3)10(9)11-5-2/h5-8H,2,4H2,1,3H3. The summed E-state index contributed by atoms with van der Waals surface area (Å²) in [4.78, 5) is 4.20. The molecule has 1 aromatic heterocycles. The van der Waals surface area contributed by atoms with Gasteiger partial charge in [-0.15, -0.1) is 0 Å². The van der Waals surface area contributed by atoms with Crippen LogP contribution in [0.25, 0.3) is 0 Å². The Hall–Kier alpha value is -1.31. The molecule has 0 aliphatic heterocycles. The normalized spacial score (nSPS) is 11.7. The lowest BCUT2D eigenvalue weighted by molar-refractivity contribution is 0.809. The van der Waals surface area contributed by atoms with Crippen LogP contribution >= 0.6 is 0 Å². The molecule has 0 bridgehead atoms. The van der Waals surface area contributed by atoms with Crippen LogP contribution in [0.15, 0.2) is 36.1 Å². The van der Waals surface area contributed by atoms with Crippen LogP contribution < -0.4 is 5.49 Å². The first-order valence-electron chi connectivity index (χ1n) is 4.09. The Kier molecular flexibility index (Phi) is 2.86. The number of nitrogens with zero attached hydrogens (tertiary/aromatic N) is 2. The smallest absolute Gasteiger partial charge is 0.135 e. The van der Waals surface area contributed by atoms with Gasteiger partial charge in [-0.05, 0) is 18.1 Å². The predicted molar refractivity (Wildman–Crippen MR) is 50.6 cm³/mol. The monoisotopic (exact) mass is 162 g/mol. The van der Waals surface area contributed by atoms with Crippen molar-refractivity contribution in [1.29, 1.82) is 0 Å². The van der Waals surface area contributed by atoms with Gasteiger partial charge in [0.2, 0.25) is 0 Å². The summed E-state index contributed by atoms with van der Waals surface area (Å²) in [5.41, 5.74) is 2.25. The van der Waals surface area contributed by atoms with E-state index in [-0.39, 0.29) is 0 Å². The third-order valence-electron chi connectivity index (χ3n) is 1.82. The van der Waals surface area contributed by atoms with Gasteiger partial charge in [-0.3, -0.25) is 0 Å². The lowest BCUT2D eigenvalue weighted by atomic mass is 10.2. The van der Waals surface area contributed by atoms with Gasteiger partial charge in [-0.25, -0.2) is 4.99 Å². The molecule has 0 spiro atoms. The van der Waals surface area contributed by atoms with Crippen molar-refractivity contribution in [2.24, 2.45) is 12.0 Å². The van der Waals surface area contributed by atoms with E-state index >= 15 is 0 Å². The average Bonchev–Trinajstić information content (AvgIpc) is 2.09. The highest BCUT2D eigenvalue weighted by Gasteiger charge is 1.93. The van der Waals surface area contributed by atoms with E-state index in [1.807, 2.05) is 23.9 Å². The van der Waals surface area contributed by atoms with Gasteiger partial charge in [0.05, 0.1) is 0 Å². The highest BCUT2D eigenvalue weighted by Crippen LogP contribution is 1.91. The van der Waals surface area contributed by atoms with Gasteiger partial charge < -0.3 is 4.57 Å². The maximum atomic E-state index is 4.20. The first-order valence-corrected chi connectivity index (χ1v) is 4.09. The van der Waals surface area contributed by atoms with Crippen molar-refractivity contribution < 1.29 is 0 Å². The van der Waals surface area contributed by atoms with E-state index < -0.39 is 0 Å². The zero-order valence-electron chi connectivity index (χ0n) is 7.62. The number of hydrogen-bond donors (Lipinski definition) is 0.